The monoisotopic (exact) mass is 451 g/mol. The summed E-state index contributed by atoms with van der Waals surface area (Å²) in [5.41, 5.74) is 1.01. The van der Waals surface area contributed by atoms with Gasteiger partial charge in [0.25, 0.3) is 5.91 Å². The SMILES string of the molecule is CC[C@@H]1Oc2cc(S(=O)(=O)N3CCC[C@@H](C(=O)NCCC(C)C)C3)c(C)cc2NC1=O. The van der Waals surface area contributed by atoms with Crippen LogP contribution in [-0.2, 0) is 19.6 Å². The minimum absolute atomic E-state index is 0.0838. The number of nitrogens with zero attached hydrogens (tertiary/aromatic N) is 1. The third-order valence-electron chi connectivity index (χ3n) is 5.86. The molecule has 1 saturated heterocycles. The molecule has 2 aliphatic rings. The highest BCUT2D eigenvalue weighted by Crippen LogP contribution is 2.36. The molecule has 2 N–H and O–H groups in total. The molecule has 2 heterocycles. The predicted octanol–water partition coefficient (Wildman–Crippen LogP) is 2.67. The van der Waals surface area contributed by atoms with Crippen LogP contribution in [0, 0.1) is 18.8 Å². The Morgan fingerprint density at radius 1 is 1.35 bits per heavy atom. The number of sulfonamides is 1. The minimum atomic E-state index is -3.80. The molecule has 1 aromatic carbocycles. The number of hydrogen-bond donors (Lipinski definition) is 2. The van der Waals surface area contributed by atoms with E-state index in [1.165, 1.54) is 10.4 Å². The molecule has 2 aliphatic heterocycles. The van der Waals surface area contributed by atoms with E-state index in [-0.39, 0.29) is 29.2 Å². The molecular weight excluding hydrogens is 418 g/mol. The standard InChI is InChI=1S/C22H33N3O5S/c1-5-18-22(27)24-17-11-15(4)20(12-19(17)30-18)31(28,29)25-10-6-7-16(13-25)21(26)23-9-8-14(2)3/h11-12,14,16,18H,5-10,13H2,1-4H3,(H,23,26)(H,24,27)/t16-,18+/m1/s1. The van der Waals surface area contributed by atoms with Crippen molar-refractivity contribution in [1.29, 1.82) is 0 Å². The first kappa shape index (κ1) is 23.5. The number of hydrogen-bond acceptors (Lipinski definition) is 5. The highest BCUT2D eigenvalue weighted by atomic mass is 32.2. The van der Waals surface area contributed by atoms with Crippen LogP contribution in [-0.4, -0.2) is 50.3 Å². The number of fused-ring (bicyclic) bond motifs is 1. The Kier molecular flexibility index (Phi) is 7.26. The molecule has 0 radical (unpaired) electrons. The van der Waals surface area contributed by atoms with Gasteiger partial charge in [-0.15, -0.1) is 0 Å². The molecular formula is C22H33N3O5S. The topological polar surface area (TPSA) is 105 Å². The average Bonchev–Trinajstić information content (AvgIpc) is 2.72. The number of carbonyl (C=O) groups is 2. The lowest BCUT2D eigenvalue weighted by Gasteiger charge is -2.32. The van der Waals surface area contributed by atoms with E-state index in [1.54, 1.807) is 13.0 Å². The molecule has 0 aromatic heterocycles. The van der Waals surface area contributed by atoms with Crippen molar-refractivity contribution in [3.8, 4) is 5.75 Å². The second-order valence-electron chi connectivity index (χ2n) is 8.79. The van der Waals surface area contributed by atoms with E-state index in [2.05, 4.69) is 24.5 Å². The molecule has 3 rings (SSSR count). The molecule has 31 heavy (non-hydrogen) atoms. The number of aryl methyl sites for hydroxylation is 1. The van der Waals surface area contributed by atoms with Gasteiger partial charge < -0.3 is 15.4 Å². The summed E-state index contributed by atoms with van der Waals surface area (Å²) in [5.74, 6) is 0.186. The first-order valence-corrected chi connectivity index (χ1v) is 12.5. The first-order chi connectivity index (χ1) is 14.6. The Morgan fingerprint density at radius 3 is 2.77 bits per heavy atom. The molecule has 0 saturated carbocycles. The van der Waals surface area contributed by atoms with Crippen LogP contribution in [0.4, 0.5) is 5.69 Å². The Labute approximate surface area is 184 Å². The lowest BCUT2D eigenvalue weighted by Crippen LogP contribution is -2.45. The Bertz CT molecular complexity index is 945. The zero-order valence-corrected chi connectivity index (χ0v) is 19.5. The first-order valence-electron chi connectivity index (χ1n) is 11.0. The maximum absolute atomic E-state index is 13.4. The number of nitrogens with one attached hydrogen (secondary N) is 2. The van der Waals surface area contributed by atoms with Gasteiger partial charge in [0, 0.05) is 25.7 Å². The van der Waals surface area contributed by atoms with Crippen molar-refractivity contribution >= 4 is 27.5 Å². The summed E-state index contributed by atoms with van der Waals surface area (Å²) >= 11 is 0. The van der Waals surface area contributed by atoms with Crippen molar-refractivity contribution in [3.63, 3.8) is 0 Å². The van der Waals surface area contributed by atoms with Gasteiger partial charge in [-0.1, -0.05) is 20.8 Å². The van der Waals surface area contributed by atoms with Crippen molar-refractivity contribution < 1.29 is 22.7 Å². The number of carbonyl (C=O) groups excluding carboxylic acids is 2. The molecule has 8 nitrogen and oxygen atoms in total. The fraction of sp³-hybridized carbons (Fsp3) is 0.636. The molecule has 0 bridgehead atoms. The summed E-state index contributed by atoms with van der Waals surface area (Å²) in [6.07, 6.45) is 2.05. The van der Waals surface area contributed by atoms with Crippen LogP contribution in [0.1, 0.15) is 52.0 Å². The molecule has 1 fully saturated rings. The van der Waals surface area contributed by atoms with Gasteiger partial charge in [0.2, 0.25) is 15.9 Å². The van der Waals surface area contributed by atoms with Gasteiger partial charge in [-0.25, -0.2) is 8.42 Å². The van der Waals surface area contributed by atoms with E-state index < -0.39 is 16.1 Å². The van der Waals surface area contributed by atoms with Crippen LogP contribution < -0.4 is 15.4 Å². The molecule has 2 atom stereocenters. The van der Waals surface area contributed by atoms with Crippen molar-refractivity contribution in [1.82, 2.24) is 9.62 Å². The van der Waals surface area contributed by atoms with Crippen LogP contribution in [0.5, 0.6) is 5.75 Å². The highest BCUT2D eigenvalue weighted by Gasteiger charge is 2.35. The van der Waals surface area contributed by atoms with Crippen LogP contribution in [0.15, 0.2) is 17.0 Å². The van der Waals surface area contributed by atoms with E-state index in [9.17, 15) is 18.0 Å². The Balaban J connectivity index is 1.78. The van der Waals surface area contributed by atoms with Crippen LogP contribution in [0.3, 0.4) is 0 Å². The van der Waals surface area contributed by atoms with Gasteiger partial charge >= 0.3 is 0 Å². The third-order valence-corrected chi connectivity index (χ3v) is 7.87. The van der Waals surface area contributed by atoms with Crippen molar-refractivity contribution in [2.24, 2.45) is 11.8 Å². The number of benzene rings is 1. The quantitative estimate of drug-likeness (QED) is 0.663. The molecule has 2 amide bonds. The second kappa shape index (κ2) is 9.56. The van der Waals surface area contributed by atoms with Gasteiger partial charge in [0.15, 0.2) is 6.10 Å². The summed E-state index contributed by atoms with van der Waals surface area (Å²) in [5, 5.41) is 5.73. The second-order valence-corrected chi connectivity index (χ2v) is 10.7. The minimum Gasteiger partial charge on any atom is -0.478 e. The smallest absolute Gasteiger partial charge is 0.265 e. The van der Waals surface area contributed by atoms with Crippen LogP contribution in [0.25, 0.3) is 0 Å². The Morgan fingerprint density at radius 2 is 2.10 bits per heavy atom. The lowest BCUT2D eigenvalue weighted by atomic mass is 9.98. The van der Waals surface area contributed by atoms with Gasteiger partial charge in [0.1, 0.15) is 5.75 Å². The zero-order chi connectivity index (χ0) is 22.8. The number of rotatable bonds is 7. The number of amides is 2. The number of anilines is 1. The molecule has 172 valence electrons. The molecule has 1 aromatic rings. The van der Waals surface area contributed by atoms with Crippen molar-refractivity contribution in [3.05, 3.63) is 17.7 Å². The van der Waals surface area contributed by atoms with Crippen LogP contribution in [0.2, 0.25) is 0 Å². The lowest BCUT2D eigenvalue weighted by molar-refractivity contribution is -0.126. The normalized spacial score (nSPS) is 21.9. The molecule has 0 spiro atoms. The van der Waals surface area contributed by atoms with Crippen molar-refractivity contribution in [2.75, 3.05) is 25.0 Å². The summed E-state index contributed by atoms with van der Waals surface area (Å²) in [4.78, 5) is 24.7. The number of piperidine rings is 1. The summed E-state index contributed by atoms with van der Waals surface area (Å²) < 4.78 is 34.0. The average molecular weight is 452 g/mol. The summed E-state index contributed by atoms with van der Waals surface area (Å²) in [7, 11) is -3.80. The van der Waals surface area contributed by atoms with Gasteiger partial charge in [-0.3, -0.25) is 9.59 Å². The molecule has 9 heteroatoms. The third kappa shape index (κ3) is 5.20. The van der Waals surface area contributed by atoms with E-state index in [0.29, 0.717) is 55.3 Å². The largest absolute Gasteiger partial charge is 0.478 e. The van der Waals surface area contributed by atoms with E-state index in [4.69, 9.17) is 4.74 Å². The van der Waals surface area contributed by atoms with E-state index in [0.717, 1.165) is 6.42 Å². The zero-order valence-electron chi connectivity index (χ0n) is 18.7. The molecule has 0 unspecified atom stereocenters. The predicted molar refractivity (Wildman–Crippen MR) is 118 cm³/mol. The highest BCUT2D eigenvalue weighted by molar-refractivity contribution is 7.89. The van der Waals surface area contributed by atoms with Gasteiger partial charge in [-0.2, -0.15) is 4.31 Å². The fourth-order valence-corrected chi connectivity index (χ4v) is 5.72. The maximum atomic E-state index is 13.4. The van der Waals surface area contributed by atoms with Gasteiger partial charge in [-0.05, 0) is 50.2 Å². The van der Waals surface area contributed by atoms with Crippen molar-refractivity contribution in [2.45, 2.75) is 64.4 Å². The number of ether oxygens (including phenoxy) is 1. The van der Waals surface area contributed by atoms with Crippen LogP contribution >= 0.6 is 0 Å². The fourth-order valence-electron chi connectivity index (χ4n) is 3.97. The molecule has 0 aliphatic carbocycles. The summed E-state index contributed by atoms with van der Waals surface area (Å²) in [6.45, 7) is 8.88. The summed E-state index contributed by atoms with van der Waals surface area (Å²) in [6, 6.07) is 3.13. The van der Waals surface area contributed by atoms with E-state index >= 15 is 0 Å². The van der Waals surface area contributed by atoms with Gasteiger partial charge in [0.05, 0.1) is 16.5 Å². The Hall–Kier alpha value is -2.13. The van der Waals surface area contributed by atoms with E-state index in [1.807, 2.05) is 6.92 Å². The maximum Gasteiger partial charge on any atom is 0.265 e.